The fourth-order valence-corrected chi connectivity index (χ4v) is 3.53. The number of nitrogens with two attached hydrogens (primary N) is 1. The molecule has 2 aromatic rings. The Morgan fingerprint density at radius 3 is 2.62 bits per heavy atom. The fraction of sp³-hybridized carbons (Fsp3) is 0.474. The molecular weight excluding hydrogens is 350 g/mol. The van der Waals surface area contributed by atoms with E-state index in [4.69, 9.17) is 15.2 Å². The number of benzene rings is 1. The molecule has 0 aliphatic carbocycles. The van der Waals surface area contributed by atoms with Crippen LogP contribution in [0.15, 0.2) is 23.6 Å². The molecule has 0 bridgehead atoms. The summed E-state index contributed by atoms with van der Waals surface area (Å²) in [6, 6.07) is 5.66. The molecule has 1 amide bonds. The number of ether oxygens (including phenoxy) is 2. The van der Waals surface area contributed by atoms with Crippen LogP contribution in [0.3, 0.4) is 0 Å². The third-order valence-electron chi connectivity index (χ3n) is 3.93. The zero-order valence-corrected chi connectivity index (χ0v) is 16.6. The van der Waals surface area contributed by atoms with Crippen LogP contribution < -0.4 is 20.5 Å². The molecule has 142 valence electrons. The highest BCUT2D eigenvalue weighted by molar-refractivity contribution is 7.13. The summed E-state index contributed by atoms with van der Waals surface area (Å²) in [5.41, 5.74) is 7.42. The van der Waals surface area contributed by atoms with Gasteiger partial charge in [-0.2, -0.15) is 0 Å². The molecule has 2 rings (SSSR count). The predicted molar refractivity (Wildman–Crippen MR) is 105 cm³/mol. The molecule has 0 saturated carbocycles. The summed E-state index contributed by atoms with van der Waals surface area (Å²) >= 11 is 1.50. The quantitative estimate of drug-likeness (QED) is 0.702. The van der Waals surface area contributed by atoms with Crippen LogP contribution in [0.4, 0.5) is 0 Å². The summed E-state index contributed by atoms with van der Waals surface area (Å²) in [6.45, 7) is 4.67. The molecule has 0 fully saturated rings. The summed E-state index contributed by atoms with van der Waals surface area (Å²) < 4.78 is 10.6. The number of carbonyl (C=O) groups is 1. The zero-order chi connectivity index (χ0) is 19.1. The first kappa shape index (κ1) is 20.2. The number of aromatic nitrogens is 1. The van der Waals surface area contributed by atoms with Gasteiger partial charge >= 0.3 is 0 Å². The van der Waals surface area contributed by atoms with Gasteiger partial charge in [-0.15, -0.1) is 11.3 Å². The van der Waals surface area contributed by atoms with Crippen molar-refractivity contribution in [1.82, 2.24) is 10.3 Å². The topological polar surface area (TPSA) is 86.5 Å². The third kappa shape index (κ3) is 5.44. The maximum atomic E-state index is 12.3. The van der Waals surface area contributed by atoms with Crippen LogP contribution in [0.5, 0.6) is 11.5 Å². The molecule has 1 unspecified atom stereocenters. The van der Waals surface area contributed by atoms with Crippen molar-refractivity contribution >= 4 is 17.2 Å². The van der Waals surface area contributed by atoms with E-state index < -0.39 is 0 Å². The summed E-state index contributed by atoms with van der Waals surface area (Å²) in [4.78, 5) is 16.8. The third-order valence-corrected chi connectivity index (χ3v) is 4.87. The van der Waals surface area contributed by atoms with Gasteiger partial charge in [-0.3, -0.25) is 4.79 Å². The van der Waals surface area contributed by atoms with Crippen LogP contribution in [0.2, 0.25) is 0 Å². The number of hydrogen-bond acceptors (Lipinski definition) is 6. The van der Waals surface area contributed by atoms with Gasteiger partial charge in [0.05, 0.1) is 26.3 Å². The van der Waals surface area contributed by atoms with Gasteiger partial charge < -0.3 is 20.5 Å². The molecule has 7 heteroatoms. The molecule has 0 radical (unpaired) electrons. The standard InChI is InChI=1S/C19H27N3O3S/c1-12(2)7-14(10-20)21-18(23)9-15-11-26-19(22-15)13-5-6-16(24-3)17(8-13)25-4/h5-6,8,11-12,14H,7,9-10,20H2,1-4H3,(H,21,23). The van der Waals surface area contributed by atoms with Gasteiger partial charge in [0.2, 0.25) is 5.91 Å². The molecule has 26 heavy (non-hydrogen) atoms. The van der Waals surface area contributed by atoms with Crippen LogP contribution in [-0.4, -0.2) is 37.7 Å². The Balaban J connectivity index is 2.04. The van der Waals surface area contributed by atoms with E-state index in [1.54, 1.807) is 14.2 Å². The second kappa shape index (κ2) is 9.54. The van der Waals surface area contributed by atoms with Crippen LogP contribution in [0, 0.1) is 5.92 Å². The normalized spacial score (nSPS) is 12.1. The first-order valence-electron chi connectivity index (χ1n) is 8.63. The van der Waals surface area contributed by atoms with Gasteiger partial charge in [-0.25, -0.2) is 4.98 Å². The van der Waals surface area contributed by atoms with E-state index in [1.807, 2.05) is 23.6 Å². The highest BCUT2D eigenvalue weighted by Crippen LogP contribution is 2.33. The van der Waals surface area contributed by atoms with E-state index in [0.717, 1.165) is 22.7 Å². The number of nitrogens with one attached hydrogen (secondary N) is 1. The lowest BCUT2D eigenvalue weighted by Crippen LogP contribution is -2.41. The van der Waals surface area contributed by atoms with Crippen molar-refractivity contribution in [3.63, 3.8) is 0 Å². The second-order valence-corrected chi connectivity index (χ2v) is 7.38. The van der Waals surface area contributed by atoms with Crippen molar-refractivity contribution in [3.05, 3.63) is 29.3 Å². The lowest BCUT2D eigenvalue weighted by molar-refractivity contribution is -0.121. The van der Waals surface area contributed by atoms with Crippen molar-refractivity contribution in [2.24, 2.45) is 11.7 Å². The Bertz CT molecular complexity index is 731. The molecule has 3 N–H and O–H groups in total. The van der Waals surface area contributed by atoms with Crippen molar-refractivity contribution < 1.29 is 14.3 Å². The lowest BCUT2D eigenvalue weighted by atomic mass is 10.0. The minimum atomic E-state index is -0.0507. The summed E-state index contributed by atoms with van der Waals surface area (Å²) in [5, 5.41) is 5.74. The number of nitrogens with zero attached hydrogens (tertiary/aromatic N) is 1. The van der Waals surface area contributed by atoms with Crippen molar-refractivity contribution in [3.8, 4) is 22.1 Å². The Morgan fingerprint density at radius 1 is 1.27 bits per heavy atom. The zero-order valence-electron chi connectivity index (χ0n) is 15.7. The summed E-state index contributed by atoms with van der Waals surface area (Å²) in [6.07, 6.45) is 1.12. The van der Waals surface area contributed by atoms with E-state index in [1.165, 1.54) is 11.3 Å². The van der Waals surface area contributed by atoms with E-state index in [2.05, 4.69) is 24.1 Å². The van der Waals surface area contributed by atoms with Crippen LogP contribution in [0.1, 0.15) is 26.0 Å². The molecule has 0 aliphatic rings. The highest BCUT2D eigenvalue weighted by atomic mass is 32.1. The van der Waals surface area contributed by atoms with Gasteiger partial charge in [-0.1, -0.05) is 13.8 Å². The van der Waals surface area contributed by atoms with Crippen LogP contribution in [-0.2, 0) is 11.2 Å². The van der Waals surface area contributed by atoms with E-state index in [-0.39, 0.29) is 18.4 Å². The monoisotopic (exact) mass is 377 g/mol. The van der Waals surface area contributed by atoms with Crippen LogP contribution in [0.25, 0.3) is 10.6 Å². The number of hydrogen-bond donors (Lipinski definition) is 2. The first-order valence-corrected chi connectivity index (χ1v) is 9.51. The summed E-state index contributed by atoms with van der Waals surface area (Å²) in [5.74, 6) is 1.76. The molecule has 1 aromatic carbocycles. The lowest BCUT2D eigenvalue weighted by Gasteiger charge is -2.18. The molecule has 0 aliphatic heterocycles. The number of methoxy groups -OCH3 is 2. The van der Waals surface area contributed by atoms with E-state index in [9.17, 15) is 4.79 Å². The average molecular weight is 378 g/mol. The molecular formula is C19H27N3O3S. The maximum absolute atomic E-state index is 12.3. The number of amides is 1. The van der Waals surface area contributed by atoms with Gasteiger partial charge in [0.1, 0.15) is 5.01 Å². The Kier molecular flexibility index (Phi) is 7.41. The van der Waals surface area contributed by atoms with Gasteiger partial charge in [0, 0.05) is 23.5 Å². The minimum absolute atomic E-state index is 0.00598. The van der Waals surface area contributed by atoms with Crippen molar-refractivity contribution in [2.75, 3.05) is 20.8 Å². The second-order valence-electron chi connectivity index (χ2n) is 6.52. The Morgan fingerprint density at radius 2 is 2.00 bits per heavy atom. The number of carbonyl (C=O) groups excluding carboxylic acids is 1. The van der Waals surface area contributed by atoms with Crippen molar-refractivity contribution in [2.45, 2.75) is 32.7 Å². The van der Waals surface area contributed by atoms with E-state index >= 15 is 0 Å². The largest absolute Gasteiger partial charge is 0.493 e. The fourth-order valence-electron chi connectivity index (χ4n) is 2.72. The molecule has 0 saturated heterocycles. The van der Waals surface area contributed by atoms with Crippen molar-refractivity contribution in [1.29, 1.82) is 0 Å². The summed E-state index contributed by atoms with van der Waals surface area (Å²) in [7, 11) is 3.20. The van der Waals surface area contributed by atoms with Gasteiger partial charge in [-0.05, 0) is 30.5 Å². The number of thiazole rings is 1. The molecule has 1 heterocycles. The highest BCUT2D eigenvalue weighted by Gasteiger charge is 2.15. The number of rotatable bonds is 9. The van der Waals surface area contributed by atoms with Crippen LogP contribution >= 0.6 is 11.3 Å². The molecule has 1 atom stereocenters. The molecule has 6 nitrogen and oxygen atoms in total. The average Bonchev–Trinajstić information content (AvgIpc) is 3.08. The van der Waals surface area contributed by atoms with E-state index in [0.29, 0.717) is 24.0 Å². The predicted octanol–water partition coefficient (Wildman–Crippen LogP) is 2.86. The molecule has 0 spiro atoms. The SMILES string of the molecule is COc1ccc(-c2nc(CC(=O)NC(CN)CC(C)C)cs2)cc1OC. The van der Waals surface area contributed by atoms with Gasteiger partial charge in [0.15, 0.2) is 11.5 Å². The Labute approximate surface area is 158 Å². The Hall–Kier alpha value is -2.12. The maximum Gasteiger partial charge on any atom is 0.226 e. The first-order chi connectivity index (χ1) is 12.5. The minimum Gasteiger partial charge on any atom is -0.493 e. The van der Waals surface area contributed by atoms with Gasteiger partial charge in [0.25, 0.3) is 0 Å². The smallest absolute Gasteiger partial charge is 0.226 e. The molecule has 1 aromatic heterocycles.